The monoisotopic (exact) mass is 343 g/mol. The summed E-state index contributed by atoms with van der Waals surface area (Å²) in [5.41, 5.74) is 1.93. The molecule has 1 amide bonds. The molecule has 4 heterocycles. The highest BCUT2D eigenvalue weighted by molar-refractivity contribution is 5.92. The van der Waals surface area contributed by atoms with Crippen molar-refractivity contribution >= 4 is 5.91 Å². The number of aromatic nitrogens is 3. The van der Waals surface area contributed by atoms with Gasteiger partial charge in [0.25, 0.3) is 5.91 Å². The summed E-state index contributed by atoms with van der Waals surface area (Å²) in [5.74, 6) is 0.528. The summed E-state index contributed by atoms with van der Waals surface area (Å²) in [7, 11) is 3.82. The van der Waals surface area contributed by atoms with Crippen LogP contribution in [-0.4, -0.2) is 57.0 Å². The molecule has 7 heteroatoms. The molecule has 2 aliphatic heterocycles. The molecule has 0 radical (unpaired) electrons. The molecule has 0 aliphatic carbocycles. The molecule has 1 N–H and O–H groups in total. The van der Waals surface area contributed by atoms with E-state index in [0.717, 1.165) is 26.1 Å². The molecule has 25 heavy (non-hydrogen) atoms. The number of fused-ring (bicyclic) bond motifs is 1. The normalized spacial score (nSPS) is 26.1. The molecule has 2 aromatic heterocycles. The first-order valence-electron chi connectivity index (χ1n) is 8.83. The second-order valence-corrected chi connectivity index (χ2v) is 7.22. The summed E-state index contributed by atoms with van der Waals surface area (Å²) in [6.07, 6.45) is 7.30. The molecule has 3 atom stereocenters. The fourth-order valence-electron chi connectivity index (χ4n) is 4.01. The van der Waals surface area contributed by atoms with Gasteiger partial charge in [0, 0.05) is 64.1 Å². The minimum atomic E-state index is -0.0358. The lowest BCUT2D eigenvalue weighted by molar-refractivity contribution is 0.0371. The topological polar surface area (TPSA) is 64.3 Å². The van der Waals surface area contributed by atoms with Gasteiger partial charge >= 0.3 is 0 Å². The fraction of sp³-hybridized carbons (Fsp3) is 0.556. The first kappa shape index (κ1) is 16.4. The number of hydrogen-bond donors (Lipinski definition) is 1. The Bertz CT molecular complexity index is 738. The van der Waals surface area contributed by atoms with Crippen molar-refractivity contribution < 1.29 is 9.53 Å². The third kappa shape index (κ3) is 3.48. The summed E-state index contributed by atoms with van der Waals surface area (Å²) in [4.78, 5) is 14.6. The molecule has 0 saturated carbocycles. The molecule has 7 nitrogen and oxygen atoms in total. The van der Waals surface area contributed by atoms with E-state index in [9.17, 15) is 4.79 Å². The average molecular weight is 343 g/mol. The highest BCUT2D eigenvalue weighted by Gasteiger charge is 2.41. The van der Waals surface area contributed by atoms with E-state index in [1.165, 1.54) is 5.56 Å². The first-order valence-corrected chi connectivity index (χ1v) is 8.83. The van der Waals surface area contributed by atoms with E-state index in [2.05, 4.69) is 21.5 Å². The van der Waals surface area contributed by atoms with Crippen LogP contribution < -0.4 is 5.32 Å². The number of likely N-dealkylation sites (tertiary alicyclic amines) is 1. The lowest BCUT2D eigenvalue weighted by atomic mass is 10.0. The van der Waals surface area contributed by atoms with Gasteiger partial charge in [-0.05, 0) is 18.6 Å². The fourth-order valence-corrected chi connectivity index (χ4v) is 4.01. The second kappa shape index (κ2) is 6.65. The number of hydrogen-bond acceptors (Lipinski definition) is 4. The van der Waals surface area contributed by atoms with Gasteiger partial charge in [-0.2, -0.15) is 5.10 Å². The van der Waals surface area contributed by atoms with Gasteiger partial charge in [-0.25, -0.2) is 0 Å². The van der Waals surface area contributed by atoms with Gasteiger partial charge in [-0.1, -0.05) is 0 Å². The predicted octanol–water partition coefficient (Wildman–Crippen LogP) is 0.778. The molecule has 0 aromatic carbocycles. The Hall–Kier alpha value is -2.12. The molecule has 0 spiro atoms. The SMILES string of the molecule is Cn1cc(CN2C[C@@H]3C[C@@H](CNC(=O)c4cccn4C)O[C@@H]3C2)cn1. The van der Waals surface area contributed by atoms with Crippen molar-refractivity contribution in [3.05, 3.63) is 42.0 Å². The zero-order valence-electron chi connectivity index (χ0n) is 14.8. The average Bonchev–Trinajstić information content (AvgIpc) is 3.30. The van der Waals surface area contributed by atoms with E-state index in [-0.39, 0.29) is 18.1 Å². The number of ether oxygens (including phenoxy) is 1. The third-order valence-electron chi connectivity index (χ3n) is 5.22. The van der Waals surface area contributed by atoms with Crippen LogP contribution in [0.25, 0.3) is 0 Å². The van der Waals surface area contributed by atoms with Crippen LogP contribution in [-0.2, 0) is 25.4 Å². The van der Waals surface area contributed by atoms with Crippen LogP contribution in [0, 0.1) is 5.92 Å². The molecule has 0 bridgehead atoms. The van der Waals surface area contributed by atoms with E-state index in [0.29, 0.717) is 18.2 Å². The number of nitrogens with one attached hydrogen (secondary N) is 1. The first-order chi connectivity index (χ1) is 12.1. The van der Waals surface area contributed by atoms with Crippen LogP contribution in [0.15, 0.2) is 30.7 Å². The molecule has 0 unspecified atom stereocenters. The molecular formula is C18H25N5O2. The summed E-state index contributed by atoms with van der Waals surface area (Å²) in [6, 6.07) is 3.71. The number of nitrogens with zero attached hydrogens (tertiary/aromatic N) is 4. The van der Waals surface area contributed by atoms with Crippen LogP contribution in [0.1, 0.15) is 22.5 Å². The van der Waals surface area contributed by atoms with Crippen LogP contribution in [0.2, 0.25) is 0 Å². The number of aryl methyl sites for hydroxylation is 2. The Morgan fingerprint density at radius 1 is 1.40 bits per heavy atom. The molecule has 4 rings (SSSR count). The Kier molecular flexibility index (Phi) is 4.35. The number of rotatable bonds is 5. The van der Waals surface area contributed by atoms with Gasteiger partial charge in [0.1, 0.15) is 5.69 Å². The molecule has 2 fully saturated rings. The van der Waals surface area contributed by atoms with Crippen molar-refractivity contribution in [3.8, 4) is 0 Å². The summed E-state index contributed by atoms with van der Waals surface area (Å²) in [5, 5.41) is 7.23. The Labute approximate surface area is 147 Å². The lowest BCUT2D eigenvalue weighted by Crippen LogP contribution is -2.34. The van der Waals surface area contributed by atoms with Crippen LogP contribution in [0.4, 0.5) is 0 Å². The third-order valence-corrected chi connectivity index (χ3v) is 5.22. The quantitative estimate of drug-likeness (QED) is 0.871. The molecule has 2 saturated heterocycles. The zero-order valence-corrected chi connectivity index (χ0v) is 14.8. The highest BCUT2D eigenvalue weighted by Crippen LogP contribution is 2.33. The van der Waals surface area contributed by atoms with E-state index < -0.39 is 0 Å². The van der Waals surface area contributed by atoms with E-state index >= 15 is 0 Å². The van der Waals surface area contributed by atoms with Gasteiger partial charge < -0.3 is 14.6 Å². The van der Waals surface area contributed by atoms with Crippen molar-refractivity contribution in [3.63, 3.8) is 0 Å². The Morgan fingerprint density at radius 3 is 2.96 bits per heavy atom. The van der Waals surface area contributed by atoms with E-state index in [1.807, 2.05) is 47.9 Å². The maximum Gasteiger partial charge on any atom is 0.267 e. The maximum absolute atomic E-state index is 12.2. The Morgan fingerprint density at radius 2 is 2.28 bits per heavy atom. The maximum atomic E-state index is 12.2. The molecule has 134 valence electrons. The van der Waals surface area contributed by atoms with Crippen LogP contribution in [0.5, 0.6) is 0 Å². The van der Waals surface area contributed by atoms with Crippen LogP contribution >= 0.6 is 0 Å². The number of carbonyl (C=O) groups excluding carboxylic acids is 1. The molecular weight excluding hydrogens is 318 g/mol. The molecule has 2 aliphatic rings. The number of amides is 1. The van der Waals surface area contributed by atoms with Crippen molar-refractivity contribution in [2.45, 2.75) is 25.2 Å². The lowest BCUT2D eigenvalue weighted by Gasteiger charge is -2.18. The Balaban J connectivity index is 1.24. The molecule has 2 aromatic rings. The van der Waals surface area contributed by atoms with Crippen molar-refractivity contribution in [2.75, 3.05) is 19.6 Å². The van der Waals surface area contributed by atoms with Crippen molar-refractivity contribution in [1.29, 1.82) is 0 Å². The van der Waals surface area contributed by atoms with Gasteiger partial charge in [0.05, 0.1) is 18.4 Å². The standard InChI is InChI=1S/C18H25N5O2/c1-21-5-3-4-16(21)18(24)19-8-15-6-14-11-23(12-17(14)25-15)10-13-7-20-22(2)9-13/h3-5,7,9,14-15,17H,6,8,10-12H2,1-2H3,(H,19,24)/t14-,15-,17+/m0/s1. The van der Waals surface area contributed by atoms with E-state index in [1.54, 1.807) is 0 Å². The summed E-state index contributed by atoms with van der Waals surface area (Å²) >= 11 is 0. The van der Waals surface area contributed by atoms with Gasteiger partial charge in [-0.15, -0.1) is 0 Å². The van der Waals surface area contributed by atoms with E-state index in [4.69, 9.17) is 4.74 Å². The highest BCUT2D eigenvalue weighted by atomic mass is 16.5. The van der Waals surface area contributed by atoms with Crippen LogP contribution in [0.3, 0.4) is 0 Å². The number of carbonyl (C=O) groups is 1. The second-order valence-electron chi connectivity index (χ2n) is 7.22. The largest absolute Gasteiger partial charge is 0.371 e. The minimum absolute atomic E-state index is 0.0358. The smallest absolute Gasteiger partial charge is 0.267 e. The van der Waals surface area contributed by atoms with Gasteiger partial charge in [0.15, 0.2) is 0 Å². The van der Waals surface area contributed by atoms with Crippen molar-refractivity contribution in [1.82, 2.24) is 24.6 Å². The summed E-state index contributed by atoms with van der Waals surface area (Å²) in [6.45, 7) is 3.53. The van der Waals surface area contributed by atoms with Crippen molar-refractivity contribution in [2.24, 2.45) is 20.0 Å². The van der Waals surface area contributed by atoms with Gasteiger partial charge in [0.2, 0.25) is 0 Å². The minimum Gasteiger partial charge on any atom is -0.371 e. The summed E-state index contributed by atoms with van der Waals surface area (Å²) < 4.78 is 9.84. The zero-order chi connectivity index (χ0) is 17.4. The predicted molar refractivity (Wildman–Crippen MR) is 93.0 cm³/mol. The van der Waals surface area contributed by atoms with Gasteiger partial charge in [-0.3, -0.25) is 14.4 Å².